The number of amides is 1. The maximum Gasteiger partial charge on any atom is 0.225 e. The molecule has 1 amide bonds. The van der Waals surface area contributed by atoms with Crippen molar-refractivity contribution in [2.45, 2.75) is 45.3 Å². The molecule has 2 unspecified atom stereocenters. The number of aliphatic hydroxyl groups is 1. The summed E-state index contributed by atoms with van der Waals surface area (Å²) in [6.07, 6.45) is 1.93. The molecule has 0 saturated carbocycles. The smallest absolute Gasteiger partial charge is 0.225 e. The average Bonchev–Trinajstić information content (AvgIpc) is 2.37. The van der Waals surface area contributed by atoms with E-state index in [1.807, 2.05) is 18.7 Å². The highest BCUT2D eigenvalue weighted by Gasteiger charge is 2.31. The molecule has 2 saturated heterocycles. The van der Waals surface area contributed by atoms with Gasteiger partial charge < -0.3 is 15.3 Å². The summed E-state index contributed by atoms with van der Waals surface area (Å²) in [5.41, 5.74) is -0.656. The van der Waals surface area contributed by atoms with Crippen molar-refractivity contribution in [2.24, 2.45) is 5.92 Å². The van der Waals surface area contributed by atoms with Crippen LogP contribution in [-0.2, 0) is 4.79 Å². The van der Waals surface area contributed by atoms with E-state index in [4.69, 9.17) is 0 Å². The maximum atomic E-state index is 12.5. The number of β-amino-alcohol motifs (C(OH)–C–C–N with tert-alkyl or cyclic N) is 1. The second-order valence-electron chi connectivity index (χ2n) is 6.99. The van der Waals surface area contributed by atoms with Crippen molar-refractivity contribution >= 4 is 5.91 Å². The fraction of sp³-hybridized carbons (Fsp3) is 0.933. The van der Waals surface area contributed by atoms with E-state index in [1.54, 1.807) is 0 Å². The lowest BCUT2D eigenvalue weighted by atomic mass is 9.92. The quantitative estimate of drug-likeness (QED) is 0.782. The van der Waals surface area contributed by atoms with E-state index < -0.39 is 5.60 Å². The molecular formula is C15H29N3O2. The summed E-state index contributed by atoms with van der Waals surface area (Å²) in [5.74, 6) is 0.536. The van der Waals surface area contributed by atoms with Crippen molar-refractivity contribution in [1.29, 1.82) is 0 Å². The summed E-state index contributed by atoms with van der Waals surface area (Å²) in [6.45, 7) is 10.8. The first kappa shape index (κ1) is 15.7. The molecule has 2 heterocycles. The van der Waals surface area contributed by atoms with Crippen molar-refractivity contribution in [3.05, 3.63) is 0 Å². The Hall–Kier alpha value is -0.650. The van der Waals surface area contributed by atoms with Crippen LogP contribution in [0.2, 0.25) is 0 Å². The molecule has 0 spiro atoms. The molecule has 2 rings (SSSR count). The number of hydrogen-bond donors (Lipinski definition) is 2. The van der Waals surface area contributed by atoms with Gasteiger partial charge in [0.25, 0.3) is 0 Å². The topological polar surface area (TPSA) is 55.8 Å². The third-order valence-electron chi connectivity index (χ3n) is 4.27. The second-order valence-corrected chi connectivity index (χ2v) is 6.99. The highest BCUT2D eigenvalue weighted by molar-refractivity contribution is 5.79. The Morgan fingerprint density at radius 2 is 1.95 bits per heavy atom. The zero-order valence-electron chi connectivity index (χ0n) is 13.1. The van der Waals surface area contributed by atoms with E-state index in [0.717, 1.165) is 45.6 Å². The van der Waals surface area contributed by atoms with Crippen LogP contribution in [0, 0.1) is 5.92 Å². The molecule has 116 valence electrons. The molecule has 5 nitrogen and oxygen atoms in total. The summed E-state index contributed by atoms with van der Waals surface area (Å²) in [6, 6.07) is 0.453. The maximum absolute atomic E-state index is 12.5. The van der Waals surface area contributed by atoms with Crippen LogP contribution < -0.4 is 5.32 Å². The molecule has 2 aliphatic heterocycles. The Kier molecular flexibility index (Phi) is 5.04. The van der Waals surface area contributed by atoms with Crippen LogP contribution in [0.25, 0.3) is 0 Å². The van der Waals surface area contributed by atoms with Gasteiger partial charge in [0.05, 0.1) is 5.60 Å². The van der Waals surface area contributed by atoms with Crippen LogP contribution in [0.15, 0.2) is 0 Å². The molecule has 0 radical (unpaired) electrons. The Morgan fingerprint density at radius 3 is 2.50 bits per heavy atom. The number of hydrogen-bond acceptors (Lipinski definition) is 4. The van der Waals surface area contributed by atoms with E-state index >= 15 is 0 Å². The minimum Gasteiger partial charge on any atom is -0.389 e. The third-order valence-corrected chi connectivity index (χ3v) is 4.27. The number of piperidine rings is 1. The van der Waals surface area contributed by atoms with E-state index in [1.165, 1.54) is 0 Å². The lowest BCUT2D eigenvalue weighted by Gasteiger charge is -2.39. The fourth-order valence-electron chi connectivity index (χ4n) is 3.29. The van der Waals surface area contributed by atoms with Gasteiger partial charge >= 0.3 is 0 Å². The Labute approximate surface area is 122 Å². The molecule has 2 fully saturated rings. The molecule has 20 heavy (non-hydrogen) atoms. The van der Waals surface area contributed by atoms with Crippen molar-refractivity contribution in [1.82, 2.24) is 15.1 Å². The lowest BCUT2D eigenvalue weighted by molar-refractivity contribution is -0.138. The minimum atomic E-state index is -0.656. The minimum absolute atomic E-state index is 0.201. The third kappa shape index (κ3) is 4.43. The van der Waals surface area contributed by atoms with Crippen molar-refractivity contribution in [2.75, 3.05) is 39.3 Å². The van der Waals surface area contributed by atoms with Crippen LogP contribution in [0.5, 0.6) is 0 Å². The summed E-state index contributed by atoms with van der Waals surface area (Å²) in [5, 5.41) is 13.2. The first-order valence-electron chi connectivity index (χ1n) is 7.82. The van der Waals surface area contributed by atoms with Crippen LogP contribution in [0.4, 0.5) is 0 Å². The molecular weight excluding hydrogens is 254 g/mol. The van der Waals surface area contributed by atoms with E-state index in [0.29, 0.717) is 18.5 Å². The van der Waals surface area contributed by atoms with E-state index in [-0.39, 0.29) is 5.92 Å². The number of nitrogens with zero attached hydrogens (tertiary/aromatic N) is 2. The van der Waals surface area contributed by atoms with Crippen molar-refractivity contribution in [3.63, 3.8) is 0 Å². The predicted octanol–water partition coefficient (Wildman–Crippen LogP) is 0.290. The molecule has 2 N–H and O–H groups in total. The van der Waals surface area contributed by atoms with Gasteiger partial charge in [0.1, 0.15) is 0 Å². The molecule has 0 aromatic heterocycles. The molecule has 0 aliphatic carbocycles. The highest BCUT2D eigenvalue weighted by Crippen LogP contribution is 2.20. The second kappa shape index (κ2) is 6.41. The zero-order chi connectivity index (χ0) is 14.8. The number of carbonyl (C=O) groups is 1. The monoisotopic (exact) mass is 283 g/mol. The van der Waals surface area contributed by atoms with Gasteiger partial charge in [-0.25, -0.2) is 0 Å². The van der Waals surface area contributed by atoms with E-state index in [2.05, 4.69) is 17.1 Å². The summed E-state index contributed by atoms with van der Waals surface area (Å²) >= 11 is 0. The van der Waals surface area contributed by atoms with Gasteiger partial charge in [-0.2, -0.15) is 0 Å². The number of piperazine rings is 1. The normalized spacial score (nSPS) is 29.5. The molecule has 0 aromatic carbocycles. The number of nitrogens with one attached hydrogen (secondary N) is 1. The highest BCUT2D eigenvalue weighted by atomic mass is 16.3. The molecule has 5 heteroatoms. The first-order chi connectivity index (χ1) is 9.35. The van der Waals surface area contributed by atoms with Gasteiger partial charge in [-0.3, -0.25) is 9.69 Å². The Balaban J connectivity index is 1.79. The molecule has 0 aromatic rings. The number of rotatable bonds is 3. The number of carbonyl (C=O) groups excluding carboxylic acids is 1. The van der Waals surface area contributed by atoms with Gasteiger partial charge in [0.2, 0.25) is 5.91 Å². The fourth-order valence-corrected chi connectivity index (χ4v) is 3.29. The Morgan fingerprint density at radius 1 is 1.30 bits per heavy atom. The van der Waals surface area contributed by atoms with Crippen molar-refractivity contribution < 1.29 is 9.90 Å². The summed E-state index contributed by atoms with van der Waals surface area (Å²) < 4.78 is 0. The van der Waals surface area contributed by atoms with Crippen LogP contribution in [0.3, 0.4) is 0 Å². The molecule has 2 aliphatic rings. The lowest BCUT2D eigenvalue weighted by Crippen LogP contribution is -2.54. The SMILES string of the molecule is CC1CC(C(=O)N2CCN(CC(C)(C)O)CC2)CCN1. The summed E-state index contributed by atoms with van der Waals surface area (Å²) in [4.78, 5) is 16.8. The van der Waals surface area contributed by atoms with Gasteiger partial charge in [-0.05, 0) is 40.2 Å². The standard InChI is InChI=1S/C15H29N3O2/c1-12-10-13(4-5-16-12)14(19)18-8-6-17(7-9-18)11-15(2,3)20/h12-13,16,20H,4-11H2,1-3H3. The predicted molar refractivity (Wildman–Crippen MR) is 79.5 cm³/mol. The Bertz CT molecular complexity index is 333. The van der Waals surface area contributed by atoms with Gasteiger partial charge in [-0.1, -0.05) is 0 Å². The van der Waals surface area contributed by atoms with Gasteiger partial charge in [0.15, 0.2) is 0 Å². The van der Waals surface area contributed by atoms with Gasteiger partial charge in [0, 0.05) is 44.7 Å². The van der Waals surface area contributed by atoms with Crippen molar-refractivity contribution in [3.8, 4) is 0 Å². The van der Waals surface area contributed by atoms with Crippen LogP contribution in [0.1, 0.15) is 33.6 Å². The molecule has 0 bridgehead atoms. The summed E-state index contributed by atoms with van der Waals surface area (Å²) in [7, 11) is 0. The van der Waals surface area contributed by atoms with Crippen LogP contribution >= 0.6 is 0 Å². The zero-order valence-corrected chi connectivity index (χ0v) is 13.1. The van der Waals surface area contributed by atoms with Crippen LogP contribution in [-0.4, -0.2) is 71.7 Å². The first-order valence-corrected chi connectivity index (χ1v) is 7.82. The van der Waals surface area contributed by atoms with E-state index in [9.17, 15) is 9.90 Å². The van der Waals surface area contributed by atoms with Gasteiger partial charge in [-0.15, -0.1) is 0 Å². The largest absolute Gasteiger partial charge is 0.389 e. The molecule has 2 atom stereocenters. The average molecular weight is 283 g/mol.